The van der Waals surface area contributed by atoms with Gasteiger partial charge in [-0.1, -0.05) is 28.7 Å². The summed E-state index contributed by atoms with van der Waals surface area (Å²) in [6.07, 6.45) is 9.37. The van der Waals surface area contributed by atoms with E-state index in [4.69, 9.17) is 0 Å². The van der Waals surface area contributed by atoms with Crippen molar-refractivity contribution >= 4 is 15.9 Å². The average Bonchev–Trinajstić information content (AvgIpc) is 2.55. The molecule has 2 heteroatoms. The van der Waals surface area contributed by atoms with E-state index in [1.54, 1.807) is 25.4 Å². The minimum Gasteiger partial charge on any atom is -0.0960 e. The van der Waals surface area contributed by atoms with Gasteiger partial charge in [0.25, 0.3) is 0 Å². The van der Waals surface area contributed by atoms with Crippen LogP contribution in [0.1, 0.15) is 32.1 Å². The maximum absolute atomic E-state index is 2.55. The molecule has 0 spiro atoms. The fourth-order valence-corrected chi connectivity index (χ4v) is 8.48. The highest BCUT2D eigenvalue weighted by Gasteiger charge is 2.31. The molecular weight excluding hydrogens is 170 g/mol. The molecule has 1 aliphatic carbocycles. The molecule has 1 heterocycles. The molecule has 0 nitrogen and oxygen atoms in total. The number of hydrogen-bond acceptors (Lipinski definition) is 0. The first-order valence-electron chi connectivity index (χ1n) is 4.84. The van der Waals surface area contributed by atoms with Crippen molar-refractivity contribution in [2.45, 2.75) is 37.8 Å². The van der Waals surface area contributed by atoms with E-state index < -0.39 is 0 Å². The highest BCUT2D eigenvalue weighted by atomic mass is 32.0. The number of hydrogen-bond donors (Lipinski definition) is 0. The van der Waals surface area contributed by atoms with E-state index >= 15 is 0 Å². The smallest absolute Gasteiger partial charge is 0.0144 e. The van der Waals surface area contributed by atoms with Crippen molar-refractivity contribution in [3.8, 4) is 0 Å². The van der Waals surface area contributed by atoms with Crippen LogP contribution in [0.5, 0.6) is 0 Å². The van der Waals surface area contributed by atoms with Gasteiger partial charge in [0, 0.05) is 0 Å². The average molecular weight is 188 g/mol. The Kier molecular flexibility index (Phi) is 2.86. The van der Waals surface area contributed by atoms with E-state index in [2.05, 4.69) is 6.66 Å². The summed E-state index contributed by atoms with van der Waals surface area (Å²) in [5.41, 5.74) is 1.20. The van der Waals surface area contributed by atoms with Gasteiger partial charge in [0.05, 0.1) is 0 Å². The second-order valence-electron chi connectivity index (χ2n) is 3.92. The van der Waals surface area contributed by atoms with E-state index in [0.717, 1.165) is 0 Å². The summed E-state index contributed by atoms with van der Waals surface area (Å²) in [5, 5.41) is 0. The summed E-state index contributed by atoms with van der Waals surface area (Å²) < 4.78 is 0. The van der Waals surface area contributed by atoms with Gasteiger partial charge in [0.1, 0.15) is 0 Å². The predicted octanol–water partition coefficient (Wildman–Crippen LogP) is 3.65. The molecule has 0 aromatic carbocycles. The Hall–Kier alpha value is 0.860. The highest BCUT2D eigenvalue weighted by molar-refractivity contribution is 8.22. The summed E-state index contributed by atoms with van der Waals surface area (Å²) >= 11 is 0. The van der Waals surface area contributed by atoms with Crippen LogP contribution in [-0.4, -0.2) is 18.5 Å². The largest absolute Gasteiger partial charge is 0.0960 e. The van der Waals surface area contributed by atoms with E-state index in [1.807, 2.05) is 0 Å². The molecule has 1 aliphatic heterocycles. The second kappa shape index (κ2) is 3.71. The van der Waals surface area contributed by atoms with Crippen molar-refractivity contribution in [2.24, 2.45) is 5.92 Å². The molecule has 0 aromatic heterocycles. The third kappa shape index (κ3) is 1.78. The molecule has 2 rings (SSSR count). The molecule has 2 aliphatic rings. The van der Waals surface area contributed by atoms with Crippen LogP contribution in [0.3, 0.4) is 0 Å². The van der Waals surface area contributed by atoms with Crippen molar-refractivity contribution in [3.63, 3.8) is 0 Å². The van der Waals surface area contributed by atoms with Crippen LogP contribution in [0.15, 0.2) is 0 Å². The zero-order chi connectivity index (χ0) is 7.68. The molecule has 3 atom stereocenters. The van der Waals surface area contributed by atoms with Crippen LogP contribution in [0.25, 0.3) is 0 Å². The quantitative estimate of drug-likeness (QED) is 0.551. The minimum absolute atomic E-state index is 0.488. The molecule has 1 saturated carbocycles. The zero-order valence-electron chi connectivity index (χ0n) is 7.34. The SMILES string of the molecule is C[P@@]1PCC[C@@H]1C1CCCC1. The Morgan fingerprint density at radius 1 is 1.18 bits per heavy atom. The lowest BCUT2D eigenvalue weighted by molar-refractivity contribution is 0.513. The third-order valence-electron chi connectivity index (χ3n) is 3.24. The van der Waals surface area contributed by atoms with Gasteiger partial charge in [-0.05, 0) is 43.7 Å². The lowest BCUT2D eigenvalue weighted by Crippen LogP contribution is -2.11. The van der Waals surface area contributed by atoms with Crippen molar-refractivity contribution in [1.29, 1.82) is 0 Å². The zero-order valence-corrected chi connectivity index (χ0v) is 9.24. The maximum atomic E-state index is 2.55. The molecule has 2 fully saturated rings. The van der Waals surface area contributed by atoms with Gasteiger partial charge in [0.2, 0.25) is 0 Å². The Morgan fingerprint density at radius 3 is 2.45 bits per heavy atom. The Labute approximate surface area is 73.0 Å². The van der Waals surface area contributed by atoms with Crippen molar-refractivity contribution in [2.75, 3.05) is 12.8 Å². The van der Waals surface area contributed by atoms with Gasteiger partial charge in [-0.15, -0.1) is 0 Å². The molecule has 11 heavy (non-hydrogen) atoms. The lowest BCUT2D eigenvalue weighted by Gasteiger charge is -2.22. The molecule has 1 saturated heterocycles. The standard InChI is InChI=1S/C9H18P2/c1-11-9(6-7-10-11)8-4-2-3-5-8/h8-10H,2-7H2,1H3/t9-,11-/m1/s1. The summed E-state index contributed by atoms with van der Waals surface area (Å²) in [6.45, 7) is 2.55. The predicted molar refractivity (Wildman–Crippen MR) is 56.4 cm³/mol. The van der Waals surface area contributed by atoms with Gasteiger partial charge in [0.15, 0.2) is 0 Å². The normalized spacial score (nSPS) is 42.3. The van der Waals surface area contributed by atoms with E-state index in [-0.39, 0.29) is 0 Å². The van der Waals surface area contributed by atoms with E-state index in [0.29, 0.717) is 7.61 Å². The van der Waals surface area contributed by atoms with Gasteiger partial charge in [-0.25, -0.2) is 0 Å². The monoisotopic (exact) mass is 188 g/mol. The Bertz CT molecular complexity index is 130. The van der Waals surface area contributed by atoms with Crippen LogP contribution in [0, 0.1) is 5.92 Å². The van der Waals surface area contributed by atoms with Crippen molar-refractivity contribution < 1.29 is 0 Å². The second-order valence-corrected chi connectivity index (χ2v) is 9.69. The minimum atomic E-state index is 0.488. The van der Waals surface area contributed by atoms with Crippen LogP contribution in [-0.2, 0) is 0 Å². The van der Waals surface area contributed by atoms with Gasteiger partial charge >= 0.3 is 0 Å². The molecule has 0 aromatic rings. The molecule has 1 unspecified atom stereocenters. The lowest BCUT2D eigenvalue weighted by atomic mass is 10.0. The molecule has 64 valence electrons. The van der Waals surface area contributed by atoms with Crippen LogP contribution >= 0.6 is 15.9 Å². The van der Waals surface area contributed by atoms with Gasteiger partial charge < -0.3 is 0 Å². The molecular formula is C9H18P2. The summed E-state index contributed by atoms with van der Waals surface area (Å²) in [4.78, 5) is 0. The Morgan fingerprint density at radius 2 is 1.91 bits per heavy atom. The summed E-state index contributed by atoms with van der Waals surface area (Å²) in [7, 11) is 1.84. The van der Waals surface area contributed by atoms with E-state index in [1.165, 1.54) is 32.7 Å². The summed E-state index contributed by atoms with van der Waals surface area (Å²) in [6, 6.07) is 0. The Balaban J connectivity index is 1.92. The first kappa shape index (κ1) is 8.46. The van der Waals surface area contributed by atoms with Gasteiger partial charge in [-0.2, -0.15) is 0 Å². The topological polar surface area (TPSA) is 0 Å². The summed E-state index contributed by atoms with van der Waals surface area (Å²) in [5.74, 6) is 1.17. The van der Waals surface area contributed by atoms with Crippen molar-refractivity contribution in [3.05, 3.63) is 0 Å². The first-order valence-corrected chi connectivity index (χ1v) is 8.75. The molecule has 0 radical (unpaired) electrons. The van der Waals surface area contributed by atoms with Gasteiger partial charge in [-0.3, -0.25) is 0 Å². The van der Waals surface area contributed by atoms with Crippen molar-refractivity contribution in [1.82, 2.24) is 0 Å². The molecule has 0 bridgehead atoms. The first-order chi connectivity index (χ1) is 5.38. The fraction of sp³-hybridized carbons (Fsp3) is 1.00. The molecule has 0 N–H and O–H groups in total. The van der Waals surface area contributed by atoms with Crippen LogP contribution in [0.4, 0.5) is 0 Å². The molecule has 0 amide bonds. The van der Waals surface area contributed by atoms with E-state index in [9.17, 15) is 0 Å². The van der Waals surface area contributed by atoms with Crippen LogP contribution < -0.4 is 0 Å². The fourth-order valence-electron chi connectivity index (χ4n) is 2.59. The maximum Gasteiger partial charge on any atom is -0.0144 e. The third-order valence-corrected chi connectivity index (χ3v) is 9.09. The van der Waals surface area contributed by atoms with Crippen LogP contribution in [0.2, 0.25) is 0 Å². The highest BCUT2D eigenvalue weighted by Crippen LogP contribution is 2.66. The number of rotatable bonds is 1.